The van der Waals surface area contributed by atoms with Crippen molar-refractivity contribution in [1.82, 2.24) is 14.5 Å². The van der Waals surface area contributed by atoms with Gasteiger partial charge in [0.15, 0.2) is 11.5 Å². The summed E-state index contributed by atoms with van der Waals surface area (Å²) in [6.45, 7) is 4.14. The van der Waals surface area contributed by atoms with Crippen molar-refractivity contribution < 1.29 is 32.2 Å². The van der Waals surface area contributed by atoms with E-state index in [9.17, 15) is 18.0 Å². The van der Waals surface area contributed by atoms with Crippen molar-refractivity contribution in [1.29, 1.82) is 0 Å². The van der Waals surface area contributed by atoms with E-state index in [1.807, 2.05) is 0 Å². The Morgan fingerprint density at radius 1 is 1.09 bits per heavy atom. The standard InChI is InChI=1S/C21H29N3O7S/c1-2-29-21(26)23-10-7-15(8-11-23)22-20(25)17-4-3-9-24(17)32(27,28)16-5-6-18-19(14-16)31-13-12-30-18/h5-6,14-15,17H,2-4,7-13H2,1H3,(H,22,25). The summed E-state index contributed by atoms with van der Waals surface area (Å²) in [5.41, 5.74) is 0. The number of fused-ring (bicyclic) bond motifs is 1. The molecule has 0 radical (unpaired) electrons. The van der Waals surface area contributed by atoms with Crippen LogP contribution in [0, 0.1) is 0 Å². The van der Waals surface area contributed by atoms with Crippen molar-refractivity contribution in [2.75, 3.05) is 39.5 Å². The number of carbonyl (C=O) groups excluding carboxylic acids is 2. The summed E-state index contributed by atoms with van der Waals surface area (Å²) in [7, 11) is -3.87. The Labute approximate surface area is 187 Å². The first-order valence-electron chi connectivity index (χ1n) is 11.0. The van der Waals surface area contributed by atoms with Gasteiger partial charge in [-0.15, -0.1) is 0 Å². The summed E-state index contributed by atoms with van der Waals surface area (Å²) in [6.07, 6.45) is 1.95. The maximum atomic E-state index is 13.3. The molecule has 1 aromatic rings. The molecule has 2 amide bonds. The van der Waals surface area contributed by atoms with Crippen molar-refractivity contribution in [3.05, 3.63) is 18.2 Å². The van der Waals surface area contributed by atoms with Gasteiger partial charge in [0.1, 0.15) is 19.3 Å². The number of ether oxygens (including phenoxy) is 3. The number of carbonyl (C=O) groups is 2. The molecule has 0 aliphatic carbocycles. The van der Waals surface area contributed by atoms with Gasteiger partial charge in [-0.25, -0.2) is 13.2 Å². The van der Waals surface area contributed by atoms with Gasteiger partial charge in [0.25, 0.3) is 0 Å². The number of sulfonamides is 1. The minimum atomic E-state index is -3.87. The Kier molecular flexibility index (Phi) is 6.75. The van der Waals surface area contributed by atoms with Gasteiger partial charge in [-0.05, 0) is 44.7 Å². The molecule has 0 bridgehead atoms. The van der Waals surface area contributed by atoms with E-state index in [0.717, 1.165) is 0 Å². The second-order valence-corrected chi connectivity index (χ2v) is 9.94. The van der Waals surface area contributed by atoms with Crippen LogP contribution in [0.2, 0.25) is 0 Å². The monoisotopic (exact) mass is 467 g/mol. The first kappa shape index (κ1) is 22.7. The first-order chi connectivity index (χ1) is 15.4. The number of hydrogen-bond acceptors (Lipinski definition) is 7. The third-order valence-electron chi connectivity index (χ3n) is 5.99. The fourth-order valence-electron chi connectivity index (χ4n) is 4.33. The molecule has 32 heavy (non-hydrogen) atoms. The third kappa shape index (κ3) is 4.63. The van der Waals surface area contributed by atoms with E-state index in [0.29, 0.717) is 70.1 Å². The molecule has 1 N–H and O–H groups in total. The molecule has 1 unspecified atom stereocenters. The number of rotatable bonds is 5. The van der Waals surface area contributed by atoms with E-state index >= 15 is 0 Å². The van der Waals surface area contributed by atoms with Crippen LogP contribution >= 0.6 is 0 Å². The number of hydrogen-bond donors (Lipinski definition) is 1. The minimum absolute atomic E-state index is 0.0872. The topological polar surface area (TPSA) is 114 Å². The Balaban J connectivity index is 1.40. The number of nitrogens with one attached hydrogen (secondary N) is 1. The molecule has 3 aliphatic heterocycles. The second-order valence-electron chi connectivity index (χ2n) is 8.05. The molecule has 0 saturated carbocycles. The van der Waals surface area contributed by atoms with E-state index in [1.54, 1.807) is 17.9 Å². The van der Waals surface area contributed by atoms with Crippen LogP contribution in [0.3, 0.4) is 0 Å². The predicted octanol–water partition coefficient (Wildman–Crippen LogP) is 1.35. The summed E-state index contributed by atoms with van der Waals surface area (Å²) in [5, 5.41) is 2.99. The summed E-state index contributed by atoms with van der Waals surface area (Å²) >= 11 is 0. The zero-order valence-corrected chi connectivity index (χ0v) is 18.9. The summed E-state index contributed by atoms with van der Waals surface area (Å²) in [4.78, 5) is 26.5. The Morgan fingerprint density at radius 2 is 1.81 bits per heavy atom. The number of amides is 2. The van der Waals surface area contributed by atoms with Crippen molar-refractivity contribution in [2.24, 2.45) is 0 Å². The average Bonchev–Trinajstić information content (AvgIpc) is 3.30. The Bertz CT molecular complexity index is 960. The van der Waals surface area contributed by atoms with Crippen molar-refractivity contribution in [3.8, 4) is 11.5 Å². The van der Waals surface area contributed by atoms with Gasteiger partial charge >= 0.3 is 6.09 Å². The van der Waals surface area contributed by atoms with E-state index in [-0.39, 0.29) is 29.5 Å². The minimum Gasteiger partial charge on any atom is -0.486 e. The van der Waals surface area contributed by atoms with E-state index in [1.165, 1.54) is 16.4 Å². The van der Waals surface area contributed by atoms with Gasteiger partial charge in [0.2, 0.25) is 15.9 Å². The highest BCUT2D eigenvalue weighted by Gasteiger charge is 2.40. The van der Waals surface area contributed by atoms with Crippen LogP contribution in [-0.4, -0.2) is 81.2 Å². The van der Waals surface area contributed by atoms with Gasteiger partial charge in [-0.1, -0.05) is 0 Å². The third-order valence-corrected chi connectivity index (χ3v) is 7.90. The molecule has 2 saturated heterocycles. The predicted molar refractivity (Wildman–Crippen MR) is 114 cm³/mol. The molecular formula is C21H29N3O7S. The van der Waals surface area contributed by atoms with Gasteiger partial charge < -0.3 is 24.4 Å². The molecule has 10 nitrogen and oxygen atoms in total. The highest BCUT2D eigenvalue weighted by Crippen LogP contribution is 2.35. The molecule has 1 aromatic carbocycles. The van der Waals surface area contributed by atoms with Gasteiger partial charge in [-0.3, -0.25) is 4.79 Å². The van der Waals surface area contributed by atoms with Crippen LogP contribution in [0.25, 0.3) is 0 Å². The summed E-state index contributed by atoms with van der Waals surface area (Å²) in [5.74, 6) is 0.615. The highest BCUT2D eigenvalue weighted by molar-refractivity contribution is 7.89. The zero-order chi connectivity index (χ0) is 22.7. The number of piperidine rings is 1. The SMILES string of the molecule is CCOC(=O)N1CCC(NC(=O)C2CCCN2S(=O)(=O)c2ccc3c(c2)OCCO3)CC1. The average molecular weight is 468 g/mol. The molecule has 2 fully saturated rings. The van der Waals surface area contributed by atoms with Crippen LogP contribution in [-0.2, 0) is 19.6 Å². The molecule has 1 atom stereocenters. The lowest BCUT2D eigenvalue weighted by Gasteiger charge is -2.33. The second kappa shape index (κ2) is 9.53. The Morgan fingerprint density at radius 3 is 2.53 bits per heavy atom. The van der Waals surface area contributed by atoms with Crippen LogP contribution in [0.15, 0.2) is 23.1 Å². The van der Waals surface area contributed by atoms with Crippen LogP contribution in [0.4, 0.5) is 4.79 Å². The van der Waals surface area contributed by atoms with E-state index in [4.69, 9.17) is 14.2 Å². The quantitative estimate of drug-likeness (QED) is 0.695. The summed E-state index contributed by atoms with van der Waals surface area (Å²) < 4.78 is 43.9. The fraction of sp³-hybridized carbons (Fsp3) is 0.619. The maximum Gasteiger partial charge on any atom is 0.409 e. The molecule has 0 aromatic heterocycles. The van der Waals surface area contributed by atoms with Crippen LogP contribution in [0.1, 0.15) is 32.6 Å². The summed E-state index contributed by atoms with van der Waals surface area (Å²) in [6, 6.07) is 3.68. The Hall–Kier alpha value is -2.53. The molecule has 3 aliphatic rings. The fourth-order valence-corrected chi connectivity index (χ4v) is 6.00. The van der Waals surface area contributed by atoms with Crippen LogP contribution in [0.5, 0.6) is 11.5 Å². The smallest absolute Gasteiger partial charge is 0.409 e. The lowest BCUT2D eigenvalue weighted by molar-refractivity contribution is -0.125. The van der Waals surface area contributed by atoms with Crippen molar-refractivity contribution in [2.45, 2.75) is 49.6 Å². The number of benzene rings is 1. The van der Waals surface area contributed by atoms with E-state index in [2.05, 4.69) is 5.32 Å². The van der Waals surface area contributed by atoms with Crippen LogP contribution < -0.4 is 14.8 Å². The molecule has 4 rings (SSSR count). The zero-order valence-electron chi connectivity index (χ0n) is 18.1. The van der Waals surface area contributed by atoms with Gasteiger partial charge in [0.05, 0.1) is 11.5 Å². The molecule has 176 valence electrons. The number of nitrogens with zero attached hydrogens (tertiary/aromatic N) is 2. The largest absolute Gasteiger partial charge is 0.486 e. The first-order valence-corrected chi connectivity index (χ1v) is 12.5. The lowest BCUT2D eigenvalue weighted by Crippen LogP contribution is -2.52. The maximum absolute atomic E-state index is 13.3. The van der Waals surface area contributed by atoms with Crippen molar-refractivity contribution >= 4 is 22.0 Å². The molecule has 11 heteroatoms. The molecule has 0 spiro atoms. The lowest BCUT2D eigenvalue weighted by atomic mass is 10.0. The van der Waals surface area contributed by atoms with Gasteiger partial charge in [0, 0.05) is 31.7 Å². The molecular weight excluding hydrogens is 438 g/mol. The van der Waals surface area contributed by atoms with Gasteiger partial charge in [-0.2, -0.15) is 4.31 Å². The number of likely N-dealkylation sites (tertiary alicyclic amines) is 1. The normalized spacial score (nSPS) is 21.9. The highest BCUT2D eigenvalue weighted by atomic mass is 32.2. The van der Waals surface area contributed by atoms with Crippen molar-refractivity contribution in [3.63, 3.8) is 0 Å². The van der Waals surface area contributed by atoms with E-state index < -0.39 is 16.1 Å². The molecule has 3 heterocycles.